The van der Waals surface area contributed by atoms with Crippen molar-refractivity contribution in [3.05, 3.63) is 17.0 Å². The van der Waals surface area contributed by atoms with E-state index in [9.17, 15) is 8.42 Å². The monoisotopic (exact) mass is 219 g/mol. The van der Waals surface area contributed by atoms with Crippen molar-refractivity contribution in [3.63, 3.8) is 0 Å². The Bertz CT molecular complexity index is 379. The third-order valence-electron chi connectivity index (χ3n) is 1.74. The topological polar surface area (TPSA) is 60.2 Å². The van der Waals surface area contributed by atoms with Crippen LogP contribution in [0.15, 0.2) is 16.3 Å². The molecule has 0 amide bonds. The zero-order valence-corrected chi connectivity index (χ0v) is 9.28. The third kappa shape index (κ3) is 2.10. The van der Waals surface area contributed by atoms with Crippen LogP contribution in [0.5, 0.6) is 0 Å². The van der Waals surface area contributed by atoms with E-state index in [4.69, 9.17) is 5.73 Å². The number of hydrogen-bond donors (Lipinski definition) is 1. The molecule has 0 aliphatic heterocycles. The van der Waals surface area contributed by atoms with Crippen molar-refractivity contribution in [2.24, 2.45) is 5.73 Å². The largest absolute Gasteiger partial charge is 0.326 e. The average molecular weight is 219 g/mol. The van der Waals surface area contributed by atoms with Crippen LogP contribution in [0.25, 0.3) is 0 Å². The van der Waals surface area contributed by atoms with Gasteiger partial charge in [0.15, 0.2) is 9.84 Å². The van der Waals surface area contributed by atoms with Crippen LogP contribution in [0.3, 0.4) is 0 Å². The van der Waals surface area contributed by atoms with Gasteiger partial charge in [0.1, 0.15) is 4.21 Å². The molecule has 0 aromatic carbocycles. The van der Waals surface area contributed by atoms with Crippen molar-refractivity contribution in [2.75, 3.05) is 0 Å². The molecule has 0 fully saturated rings. The molecule has 13 heavy (non-hydrogen) atoms. The molecule has 1 aromatic rings. The van der Waals surface area contributed by atoms with E-state index in [0.717, 1.165) is 4.88 Å². The van der Waals surface area contributed by atoms with E-state index < -0.39 is 9.84 Å². The third-order valence-corrected chi connectivity index (χ3v) is 5.53. The molecule has 0 atom stereocenters. The summed E-state index contributed by atoms with van der Waals surface area (Å²) in [4.78, 5) is 0.902. The van der Waals surface area contributed by atoms with E-state index in [1.807, 2.05) is 0 Å². The van der Waals surface area contributed by atoms with Crippen LogP contribution in [-0.4, -0.2) is 13.7 Å². The molecule has 0 aliphatic carbocycles. The van der Waals surface area contributed by atoms with Crippen molar-refractivity contribution in [1.29, 1.82) is 0 Å². The summed E-state index contributed by atoms with van der Waals surface area (Å²) in [6, 6.07) is 3.39. The van der Waals surface area contributed by atoms with E-state index in [1.54, 1.807) is 26.0 Å². The van der Waals surface area contributed by atoms with Gasteiger partial charge in [-0.25, -0.2) is 8.42 Å². The van der Waals surface area contributed by atoms with Gasteiger partial charge in [0, 0.05) is 11.4 Å². The highest BCUT2D eigenvalue weighted by molar-refractivity contribution is 7.94. The predicted octanol–water partition coefficient (Wildman–Crippen LogP) is 1.39. The van der Waals surface area contributed by atoms with Crippen molar-refractivity contribution in [3.8, 4) is 0 Å². The first-order valence-electron chi connectivity index (χ1n) is 4.01. The summed E-state index contributed by atoms with van der Waals surface area (Å²) in [6.07, 6.45) is 0. The minimum absolute atomic E-state index is 0.364. The zero-order valence-electron chi connectivity index (χ0n) is 7.65. The molecule has 0 bridgehead atoms. The molecule has 0 spiro atoms. The normalized spacial score (nSPS) is 12.3. The Balaban J connectivity index is 3.09. The molecule has 0 radical (unpaired) electrons. The van der Waals surface area contributed by atoms with Gasteiger partial charge in [-0.1, -0.05) is 0 Å². The first-order chi connectivity index (χ1) is 5.98. The van der Waals surface area contributed by atoms with Gasteiger partial charge in [0.25, 0.3) is 0 Å². The molecule has 0 saturated heterocycles. The van der Waals surface area contributed by atoms with Gasteiger partial charge < -0.3 is 5.73 Å². The number of thiophene rings is 1. The lowest BCUT2D eigenvalue weighted by atomic mass is 10.5. The van der Waals surface area contributed by atoms with Gasteiger partial charge in [-0.05, 0) is 26.0 Å². The van der Waals surface area contributed by atoms with Gasteiger partial charge in [-0.15, -0.1) is 11.3 Å². The fourth-order valence-electron chi connectivity index (χ4n) is 0.853. The standard InChI is InChI=1S/C8H13NO2S2/c1-6(2)13(10,11)8-4-3-7(5-9)12-8/h3-4,6H,5,9H2,1-2H3. The van der Waals surface area contributed by atoms with E-state index in [-0.39, 0.29) is 5.25 Å². The summed E-state index contributed by atoms with van der Waals surface area (Å²) in [5.41, 5.74) is 5.40. The fourth-order valence-corrected chi connectivity index (χ4v) is 3.55. The second-order valence-electron chi connectivity index (χ2n) is 3.02. The minimum Gasteiger partial charge on any atom is -0.326 e. The highest BCUT2D eigenvalue weighted by Crippen LogP contribution is 2.24. The number of rotatable bonds is 3. The molecule has 1 rings (SSSR count). The summed E-state index contributed by atoms with van der Waals surface area (Å²) in [7, 11) is -3.10. The average Bonchev–Trinajstić information content (AvgIpc) is 2.51. The summed E-state index contributed by atoms with van der Waals surface area (Å²) in [5.74, 6) is 0. The molecule has 74 valence electrons. The molecule has 0 aliphatic rings. The van der Waals surface area contributed by atoms with Crippen molar-refractivity contribution >= 4 is 21.2 Å². The summed E-state index contributed by atoms with van der Waals surface area (Å²) in [6.45, 7) is 3.76. The molecule has 1 aromatic heterocycles. The van der Waals surface area contributed by atoms with Crippen LogP contribution in [0.1, 0.15) is 18.7 Å². The van der Waals surface area contributed by atoms with Gasteiger partial charge in [-0.3, -0.25) is 0 Å². The Morgan fingerprint density at radius 2 is 2.08 bits per heavy atom. The summed E-state index contributed by atoms with van der Waals surface area (Å²) >= 11 is 1.26. The molecule has 3 nitrogen and oxygen atoms in total. The lowest BCUT2D eigenvalue weighted by Gasteiger charge is -2.03. The fraction of sp³-hybridized carbons (Fsp3) is 0.500. The summed E-state index contributed by atoms with van der Waals surface area (Å²) in [5, 5.41) is -0.364. The molecular formula is C8H13NO2S2. The molecule has 0 saturated carbocycles. The van der Waals surface area contributed by atoms with Gasteiger partial charge in [0.05, 0.1) is 5.25 Å². The molecule has 2 N–H and O–H groups in total. The number of nitrogens with two attached hydrogens (primary N) is 1. The number of sulfone groups is 1. The van der Waals surface area contributed by atoms with Gasteiger partial charge in [0.2, 0.25) is 0 Å². The first-order valence-corrected chi connectivity index (χ1v) is 6.37. The highest BCUT2D eigenvalue weighted by Gasteiger charge is 2.20. The van der Waals surface area contributed by atoms with E-state index >= 15 is 0 Å². The Kier molecular flexibility index (Phi) is 3.10. The minimum atomic E-state index is -3.10. The van der Waals surface area contributed by atoms with Crippen molar-refractivity contribution in [1.82, 2.24) is 0 Å². The molecular weight excluding hydrogens is 206 g/mol. The van der Waals surface area contributed by atoms with Crippen LogP contribution < -0.4 is 5.73 Å². The van der Waals surface area contributed by atoms with Crippen LogP contribution in [0.2, 0.25) is 0 Å². The Hall–Kier alpha value is -0.390. The number of hydrogen-bond acceptors (Lipinski definition) is 4. The Morgan fingerprint density at radius 3 is 2.46 bits per heavy atom. The molecule has 0 unspecified atom stereocenters. The maximum atomic E-state index is 11.6. The van der Waals surface area contributed by atoms with Crippen LogP contribution in [0, 0.1) is 0 Å². The smallest absolute Gasteiger partial charge is 0.190 e. The van der Waals surface area contributed by atoms with E-state index in [0.29, 0.717) is 10.8 Å². The van der Waals surface area contributed by atoms with Crippen LogP contribution in [0.4, 0.5) is 0 Å². The first kappa shape index (κ1) is 10.7. The van der Waals surface area contributed by atoms with Crippen molar-refractivity contribution < 1.29 is 8.42 Å². The predicted molar refractivity (Wildman–Crippen MR) is 54.5 cm³/mol. The van der Waals surface area contributed by atoms with Crippen LogP contribution >= 0.6 is 11.3 Å². The molecule has 5 heteroatoms. The Morgan fingerprint density at radius 1 is 1.46 bits per heavy atom. The van der Waals surface area contributed by atoms with Crippen molar-refractivity contribution in [2.45, 2.75) is 29.9 Å². The summed E-state index contributed by atoms with van der Waals surface area (Å²) < 4.78 is 23.7. The van der Waals surface area contributed by atoms with Gasteiger partial charge in [-0.2, -0.15) is 0 Å². The maximum absolute atomic E-state index is 11.6. The molecule has 1 heterocycles. The lowest BCUT2D eigenvalue weighted by Crippen LogP contribution is -2.12. The second-order valence-corrected chi connectivity index (χ2v) is 6.92. The van der Waals surface area contributed by atoms with E-state index in [1.165, 1.54) is 11.3 Å². The Labute approximate surface area is 82.5 Å². The van der Waals surface area contributed by atoms with Crippen LogP contribution in [-0.2, 0) is 16.4 Å². The van der Waals surface area contributed by atoms with Gasteiger partial charge >= 0.3 is 0 Å². The maximum Gasteiger partial charge on any atom is 0.190 e. The quantitative estimate of drug-likeness (QED) is 0.835. The lowest BCUT2D eigenvalue weighted by molar-refractivity contribution is 0.589. The SMILES string of the molecule is CC(C)S(=O)(=O)c1ccc(CN)s1. The van der Waals surface area contributed by atoms with E-state index in [2.05, 4.69) is 0 Å². The zero-order chi connectivity index (χ0) is 10.1. The highest BCUT2D eigenvalue weighted by atomic mass is 32.2. The second kappa shape index (κ2) is 3.77.